The summed E-state index contributed by atoms with van der Waals surface area (Å²) in [5.74, 6) is 2.50. The molecule has 0 amide bonds. The van der Waals surface area contributed by atoms with Crippen molar-refractivity contribution in [3.05, 3.63) is 83.9 Å². The minimum absolute atomic E-state index is 0.0532. The summed E-state index contributed by atoms with van der Waals surface area (Å²) < 4.78 is 27.4. The van der Waals surface area contributed by atoms with Gasteiger partial charge < -0.3 is 23.7 Å². The van der Waals surface area contributed by atoms with Gasteiger partial charge in [-0.1, -0.05) is 87.5 Å². The van der Waals surface area contributed by atoms with Gasteiger partial charge in [-0.05, 0) is 78.0 Å². The summed E-state index contributed by atoms with van der Waals surface area (Å²) >= 11 is 0. The second-order valence-electron chi connectivity index (χ2n) is 15.8. The van der Waals surface area contributed by atoms with Gasteiger partial charge in [0.25, 0.3) is 0 Å². The van der Waals surface area contributed by atoms with Crippen molar-refractivity contribution in [2.75, 3.05) is 26.3 Å². The van der Waals surface area contributed by atoms with Crippen molar-refractivity contribution in [3.8, 4) is 11.5 Å². The van der Waals surface area contributed by atoms with Crippen LogP contribution in [0.25, 0.3) is 0 Å². The van der Waals surface area contributed by atoms with Crippen LogP contribution in [-0.4, -0.2) is 68.7 Å². The number of benzene rings is 3. The highest BCUT2D eigenvalue weighted by atomic mass is 28.4. The lowest BCUT2D eigenvalue weighted by Gasteiger charge is -2.64. The zero-order valence-electron chi connectivity index (χ0n) is 27.4. The Balaban J connectivity index is 1.22. The lowest BCUT2D eigenvalue weighted by atomic mass is 9.47. The Bertz CT molecular complexity index is 1580. The van der Waals surface area contributed by atoms with Gasteiger partial charge in [-0.3, -0.25) is 4.90 Å². The lowest BCUT2D eigenvalue weighted by molar-refractivity contribution is -0.224. The number of likely N-dealkylation sites (tertiary alicyclic amines) is 1. The minimum Gasteiger partial charge on any atom is -0.531 e. The average Bonchev–Trinajstić information content (AvgIpc) is 3.55. The molecule has 3 aliphatic carbocycles. The Morgan fingerprint density at radius 3 is 2.20 bits per heavy atom. The number of piperidine rings is 1. The highest BCUT2D eigenvalue weighted by Gasteiger charge is 2.74. The van der Waals surface area contributed by atoms with Crippen molar-refractivity contribution in [2.45, 2.75) is 93.8 Å². The van der Waals surface area contributed by atoms with Crippen LogP contribution in [0.3, 0.4) is 0 Å². The lowest BCUT2D eigenvalue weighted by Crippen LogP contribution is -2.77. The van der Waals surface area contributed by atoms with E-state index >= 15 is 0 Å². The molecule has 6 aliphatic rings. The van der Waals surface area contributed by atoms with E-state index in [0.717, 1.165) is 56.2 Å². The van der Waals surface area contributed by atoms with E-state index in [1.165, 1.54) is 34.3 Å². The molecule has 2 unspecified atom stereocenters. The molecule has 3 aliphatic heterocycles. The van der Waals surface area contributed by atoms with Crippen LogP contribution in [0, 0.1) is 11.8 Å². The van der Waals surface area contributed by atoms with Gasteiger partial charge in [-0.2, -0.15) is 0 Å². The second kappa shape index (κ2) is 10.4. The average molecular weight is 638 g/mol. The smallest absolute Gasteiger partial charge is 0.320 e. The Labute approximate surface area is 274 Å². The second-order valence-corrected chi connectivity index (χ2v) is 20.1. The molecule has 1 spiro atoms. The molecule has 3 heterocycles. The van der Waals surface area contributed by atoms with Crippen LogP contribution in [0.5, 0.6) is 11.5 Å². The Morgan fingerprint density at radius 2 is 1.57 bits per heavy atom. The molecule has 6 nitrogen and oxygen atoms in total. The van der Waals surface area contributed by atoms with Crippen LogP contribution in [0.1, 0.15) is 64.0 Å². The van der Waals surface area contributed by atoms with Crippen LogP contribution in [0.15, 0.2) is 72.8 Å². The van der Waals surface area contributed by atoms with E-state index in [4.69, 9.17) is 18.6 Å². The third-order valence-electron chi connectivity index (χ3n) is 12.5. The predicted octanol–water partition coefficient (Wildman–Crippen LogP) is 5.18. The fourth-order valence-electron chi connectivity index (χ4n) is 10.3. The van der Waals surface area contributed by atoms with Crippen LogP contribution in [0.4, 0.5) is 0 Å². The predicted molar refractivity (Wildman–Crippen MR) is 181 cm³/mol. The molecule has 242 valence electrons. The first kappa shape index (κ1) is 29.5. The van der Waals surface area contributed by atoms with Crippen molar-refractivity contribution >= 4 is 18.7 Å². The summed E-state index contributed by atoms with van der Waals surface area (Å²) in [6.45, 7) is 10.3. The van der Waals surface area contributed by atoms with Gasteiger partial charge in [0.15, 0.2) is 12.0 Å². The molecule has 3 aromatic carbocycles. The first-order chi connectivity index (χ1) is 22.3. The zero-order chi connectivity index (χ0) is 31.3. The molecule has 1 N–H and O–H groups in total. The van der Waals surface area contributed by atoms with E-state index in [2.05, 4.69) is 98.5 Å². The van der Waals surface area contributed by atoms with Gasteiger partial charge in [0, 0.05) is 24.1 Å². The monoisotopic (exact) mass is 637 g/mol. The van der Waals surface area contributed by atoms with Crippen molar-refractivity contribution in [1.82, 2.24) is 4.90 Å². The maximum atomic E-state index is 13.1. The fourth-order valence-corrected chi connectivity index (χ4v) is 14.7. The summed E-state index contributed by atoms with van der Waals surface area (Å²) in [5.41, 5.74) is 1.15. The number of hydrogen-bond donors (Lipinski definition) is 1. The van der Waals surface area contributed by atoms with E-state index < -0.39 is 19.3 Å². The zero-order valence-corrected chi connectivity index (χ0v) is 28.4. The molecular weight excluding hydrogens is 591 g/mol. The van der Waals surface area contributed by atoms with Gasteiger partial charge in [0.1, 0.15) is 11.9 Å². The summed E-state index contributed by atoms with van der Waals surface area (Å²) in [7, 11) is -2.92. The number of rotatable bonds is 7. The number of aliphatic hydroxyl groups is 1. The summed E-state index contributed by atoms with van der Waals surface area (Å²) in [6, 6.07) is 26.3. The molecule has 4 fully saturated rings. The van der Waals surface area contributed by atoms with Gasteiger partial charge in [0.2, 0.25) is 0 Å². The maximum Gasteiger partial charge on any atom is 0.320 e. The molecule has 46 heavy (non-hydrogen) atoms. The molecule has 2 saturated carbocycles. The number of ether oxygens (including phenoxy) is 3. The first-order valence-corrected chi connectivity index (χ1v) is 19.5. The van der Waals surface area contributed by atoms with Gasteiger partial charge in [-0.15, -0.1) is 0 Å². The molecule has 2 bridgehead atoms. The van der Waals surface area contributed by atoms with Crippen molar-refractivity contribution in [2.24, 2.45) is 11.8 Å². The van der Waals surface area contributed by atoms with Gasteiger partial charge in [0.05, 0.1) is 24.2 Å². The fraction of sp³-hybridized carbons (Fsp3) is 0.538. The molecule has 3 aromatic rings. The largest absolute Gasteiger partial charge is 0.531 e. The maximum absolute atomic E-state index is 13.1. The third-order valence-corrected chi connectivity index (χ3v) is 17.4. The summed E-state index contributed by atoms with van der Waals surface area (Å²) in [4.78, 5) is 2.64. The van der Waals surface area contributed by atoms with E-state index in [1.807, 2.05) is 0 Å². The standard InChI is InChI=1S/C39H47NO5Si/c1-37(2,3)46(28-10-6-4-7-11-28,29-12-8-5-9-13-29)45-31-17-16-27-24-32-39(41)19-18-30(36-42-22-23-43-36)35-38(39,33(27)34(31)44-35)20-21-40(32)25-26-14-15-26/h4-13,16-17,26,30,32,35-36,41H,14-15,18-25H2,1-3H3/t30?,32-,35+,38+,39?/m1/s1. The first-order valence-electron chi connectivity index (χ1n) is 17.6. The molecule has 0 aromatic heterocycles. The number of nitrogens with zero attached hydrogens (tertiary/aromatic N) is 1. The van der Waals surface area contributed by atoms with Crippen molar-refractivity contribution in [3.63, 3.8) is 0 Å². The Kier molecular flexibility index (Phi) is 6.66. The van der Waals surface area contributed by atoms with Crippen LogP contribution >= 0.6 is 0 Å². The molecule has 7 heteroatoms. The molecule has 2 saturated heterocycles. The quantitative estimate of drug-likeness (QED) is 0.361. The molecule has 5 atom stereocenters. The minimum atomic E-state index is -2.92. The third kappa shape index (κ3) is 4.02. The van der Waals surface area contributed by atoms with Crippen molar-refractivity contribution < 1.29 is 23.7 Å². The van der Waals surface area contributed by atoms with Crippen LogP contribution < -0.4 is 19.5 Å². The number of hydrogen-bond acceptors (Lipinski definition) is 6. The highest BCUT2D eigenvalue weighted by molar-refractivity contribution is 7.00. The SMILES string of the molecule is CC(C)(C)[Si](Oc1ccc2c3c1O[C@H]1C(C4OCCO4)CCC4(O)[C@@H](C2)N(CC2CC2)CC[C@]314)(c1ccccc1)c1ccccc1. The summed E-state index contributed by atoms with van der Waals surface area (Å²) in [6.07, 6.45) is 5.42. The van der Waals surface area contributed by atoms with Crippen LogP contribution in [0.2, 0.25) is 5.04 Å². The summed E-state index contributed by atoms with van der Waals surface area (Å²) in [5, 5.41) is 15.4. The molecule has 0 radical (unpaired) electrons. The van der Waals surface area contributed by atoms with Crippen molar-refractivity contribution in [1.29, 1.82) is 0 Å². The van der Waals surface area contributed by atoms with E-state index in [0.29, 0.717) is 13.2 Å². The topological polar surface area (TPSA) is 60.4 Å². The molecule has 9 rings (SSSR count). The van der Waals surface area contributed by atoms with E-state index in [-0.39, 0.29) is 29.4 Å². The van der Waals surface area contributed by atoms with E-state index in [9.17, 15) is 5.11 Å². The Morgan fingerprint density at radius 1 is 0.891 bits per heavy atom. The Hall–Kier alpha value is -2.68. The van der Waals surface area contributed by atoms with Gasteiger partial charge in [-0.25, -0.2) is 0 Å². The normalized spacial score (nSPS) is 32.2. The van der Waals surface area contributed by atoms with Gasteiger partial charge >= 0.3 is 8.32 Å². The van der Waals surface area contributed by atoms with E-state index in [1.54, 1.807) is 0 Å². The highest BCUT2D eigenvalue weighted by Crippen LogP contribution is 2.67. The molecular formula is C39H47NO5Si. The van der Waals surface area contributed by atoms with Crippen LogP contribution in [-0.2, 0) is 21.3 Å².